The van der Waals surface area contributed by atoms with Gasteiger partial charge in [-0.3, -0.25) is 9.59 Å². The quantitative estimate of drug-likeness (QED) is 0.537. The van der Waals surface area contributed by atoms with Crippen LogP contribution in [0, 0.1) is 13.8 Å². The summed E-state index contributed by atoms with van der Waals surface area (Å²) >= 11 is 1.51. The number of aryl methyl sites for hydroxylation is 2. The first kappa shape index (κ1) is 24.0. The molecule has 2 aromatic carbocycles. The summed E-state index contributed by atoms with van der Waals surface area (Å²) in [5, 5.41) is 3.05. The van der Waals surface area contributed by atoms with Gasteiger partial charge in [0.05, 0.1) is 5.75 Å². The monoisotopic (exact) mass is 426 g/mol. The van der Waals surface area contributed by atoms with Crippen molar-refractivity contribution >= 4 is 23.6 Å². The van der Waals surface area contributed by atoms with Gasteiger partial charge in [0.25, 0.3) is 0 Å². The Kier molecular flexibility index (Phi) is 9.44. The van der Waals surface area contributed by atoms with Gasteiger partial charge in [-0.05, 0) is 51.3 Å². The van der Waals surface area contributed by atoms with Crippen LogP contribution in [0.5, 0.6) is 0 Å². The molecule has 2 atom stereocenters. The Hall–Kier alpha value is -2.27. The first-order valence-electron chi connectivity index (χ1n) is 10.7. The lowest BCUT2D eigenvalue weighted by molar-refractivity contribution is -0.139. The van der Waals surface area contributed by atoms with Gasteiger partial charge in [-0.2, -0.15) is 0 Å². The summed E-state index contributed by atoms with van der Waals surface area (Å²) < 4.78 is 0. The molecule has 0 aliphatic carbocycles. The number of rotatable bonds is 10. The highest BCUT2D eigenvalue weighted by molar-refractivity contribution is 8.00. The number of nitrogens with one attached hydrogen (secondary N) is 1. The van der Waals surface area contributed by atoms with E-state index in [2.05, 4.69) is 5.32 Å². The molecule has 2 amide bonds. The van der Waals surface area contributed by atoms with Crippen molar-refractivity contribution in [2.75, 3.05) is 5.75 Å². The van der Waals surface area contributed by atoms with E-state index in [1.165, 1.54) is 22.9 Å². The topological polar surface area (TPSA) is 49.4 Å². The molecular formula is C25H34N2O2S. The third-order valence-electron chi connectivity index (χ3n) is 5.24. The Balaban J connectivity index is 2.19. The van der Waals surface area contributed by atoms with Crippen LogP contribution in [0.2, 0.25) is 0 Å². The molecule has 2 aromatic rings. The number of hydrogen-bond donors (Lipinski definition) is 1. The molecule has 0 saturated carbocycles. The van der Waals surface area contributed by atoms with E-state index in [1.807, 2.05) is 83.1 Å². The van der Waals surface area contributed by atoms with Gasteiger partial charge in [0, 0.05) is 17.5 Å². The van der Waals surface area contributed by atoms with Gasteiger partial charge in [-0.1, -0.05) is 61.4 Å². The lowest BCUT2D eigenvalue weighted by Gasteiger charge is -2.31. The molecule has 1 N–H and O–H groups in total. The van der Waals surface area contributed by atoms with Crippen LogP contribution in [0.15, 0.2) is 53.4 Å². The fraction of sp³-hybridized carbons (Fsp3) is 0.440. The minimum Gasteiger partial charge on any atom is -0.352 e. The molecule has 0 fully saturated rings. The van der Waals surface area contributed by atoms with Crippen molar-refractivity contribution in [2.24, 2.45) is 0 Å². The molecule has 162 valence electrons. The average molecular weight is 427 g/mol. The predicted octanol–water partition coefficient (Wildman–Crippen LogP) is 5.12. The molecule has 0 aliphatic rings. The number of hydrogen-bond acceptors (Lipinski definition) is 3. The number of thioether (sulfide) groups is 1. The Bertz CT molecular complexity index is 818. The summed E-state index contributed by atoms with van der Waals surface area (Å²) in [4.78, 5) is 29.0. The van der Waals surface area contributed by atoms with Crippen molar-refractivity contribution < 1.29 is 9.59 Å². The summed E-state index contributed by atoms with van der Waals surface area (Å²) in [7, 11) is 0. The maximum atomic E-state index is 13.2. The standard InChI is InChI=1S/C25H34N2O2S/c1-6-20(5)26-25(29)23(7-2)27(16-21-12-8-18(3)9-13-21)24(28)17-30-22-14-10-19(4)11-15-22/h8-15,20,23H,6-7,16-17H2,1-5H3,(H,26,29)/t20-,23+/m0/s1. The zero-order valence-electron chi connectivity index (χ0n) is 18.8. The van der Waals surface area contributed by atoms with Crippen LogP contribution < -0.4 is 5.32 Å². The van der Waals surface area contributed by atoms with E-state index in [-0.39, 0.29) is 17.9 Å². The summed E-state index contributed by atoms with van der Waals surface area (Å²) in [6, 6.07) is 15.9. The second-order valence-electron chi connectivity index (χ2n) is 7.85. The first-order valence-corrected chi connectivity index (χ1v) is 11.7. The number of carbonyl (C=O) groups is 2. The van der Waals surface area contributed by atoms with E-state index in [9.17, 15) is 9.59 Å². The first-order chi connectivity index (χ1) is 14.3. The molecule has 0 bridgehead atoms. The molecule has 0 aliphatic heterocycles. The molecule has 0 saturated heterocycles. The van der Waals surface area contributed by atoms with E-state index in [1.54, 1.807) is 4.90 Å². The zero-order chi connectivity index (χ0) is 22.1. The van der Waals surface area contributed by atoms with E-state index in [0.717, 1.165) is 16.9 Å². The van der Waals surface area contributed by atoms with Crippen molar-refractivity contribution in [3.05, 3.63) is 65.2 Å². The third-order valence-corrected chi connectivity index (χ3v) is 6.24. The molecule has 0 radical (unpaired) electrons. The largest absolute Gasteiger partial charge is 0.352 e. The van der Waals surface area contributed by atoms with Gasteiger partial charge >= 0.3 is 0 Å². The maximum absolute atomic E-state index is 13.2. The van der Waals surface area contributed by atoms with Crippen LogP contribution in [0.3, 0.4) is 0 Å². The van der Waals surface area contributed by atoms with Crippen LogP contribution in [0.1, 0.15) is 50.3 Å². The van der Waals surface area contributed by atoms with Crippen molar-refractivity contribution in [3.63, 3.8) is 0 Å². The summed E-state index contributed by atoms with van der Waals surface area (Å²) in [5.41, 5.74) is 3.40. The van der Waals surface area contributed by atoms with Gasteiger partial charge in [-0.15, -0.1) is 11.8 Å². The van der Waals surface area contributed by atoms with Crippen LogP contribution in [-0.2, 0) is 16.1 Å². The summed E-state index contributed by atoms with van der Waals surface area (Å²) in [6.07, 6.45) is 1.44. The van der Waals surface area contributed by atoms with Crippen LogP contribution in [0.25, 0.3) is 0 Å². The van der Waals surface area contributed by atoms with Gasteiger partial charge in [0.1, 0.15) is 6.04 Å². The molecular weight excluding hydrogens is 392 g/mol. The van der Waals surface area contributed by atoms with Crippen LogP contribution in [0.4, 0.5) is 0 Å². The van der Waals surface area contributed by atoms with Gasteiger partial charge in [-0.25, -0.2) is 0 Å². The lowest BCUT2D eigenvalue weighted by atomic mass is 10.1. The summed E-state index contributed by atoms with van der Waals surface area (Å²) in [5.74, 6) is 0.210. The second kappa shape index (κ2) is 11.8. The van der Waals surface area contributed by atoms with Crippen molar-refractivity contribution in [1.29, 1.82) is 0 Å². The Labute approximate surface area is 185 Å². The molecule has 30 heavy (non-hydrogen) atoms. The van der Waals surface area contributed by atoms with Crippen molar-refractivity contribution in [1.82, 2.24) is 10.2 Å². The van der Waals surface area contributed by atoms with Crippen molar-refractivity contribution in [2.45, 2.75) is 71.0 Å². The zero-order valence-corrected chi connectivity index (χ0v) is 19.6. The SMILES string of the molecule is CC[C@H](C(=O)N[C@@H](C)CC)N(Cc1ccc(C)cc1)C(=O)CSc1ccc(C)cc1. The number of carbonyl (C=O) groups excluding carboxylic acids is 2. The minimum absolute atomic E-state index is 0.0210. The van der Waals surface area contributed by atoms with E-state index in [4.69, 9.17) is 0 Å². The Morgan fingerprint density at radius 3 is 2.03 bits per heavy atom. The van der Waals surface area contributed by atoms with E-state index in [0.29, 0.717) is 18.7 Å². The smallest absolute Gasteiger partial charge is 0.243 e. The molecule has 0 heterocycles. The van der Waals surface area contributed by atoms with E-state index >= 15 is 0 Å². The predicted molar refractivity (Wildman–Crippen MR) is 126 cm³/mol. The maximum Gasteiger partial charge on any atom is 0.243 e. The number of amides is 2. The summed E-state index contributed by atoms with van der Waals surface area (Å²) in [6.45, 7) is 10.5. The van der Waals surface area contributed by atoms with Gasteiger partial charge in [0.15, 0.2) is 0 Å². The Morgan fingerprint density at radius 1 is 0.933 bits per heavy atom. The number of benzene rings is 2. The number of nitrogens with zero attached hydrogens (tertiary/aromatic N) is 1. The van der Waals surface area contributed by atoms with Gasteiger partial charge < -0.3 is 10.2 Å². The molecule has 5 heteroatoms. The molecule has 0 unspecified atom stereocenters. The van der Waals surface area contributed by atoms with E-state index < -0.39 is 6.04 Å². The highest BCUT2D eigenvalue weighted by Crippen LogP contribution is 2.21. The fourth-order valence-corrected chi connectivity index (χ4v) is 3.90. The lowest BCUT2D eigenvalue weighted by Crippen LogP contribution is -2.51. The van der Waals surface area contributed by atoms with Gasteiger partial charge in [0.2, 0.25) is 11.8 Å². The molecule has 2 rings (SSSR count). The van der Waals surface area contributed by atoms with Crippen LogP contribution in [-0.4, -0.2) is 34.6 Å². The highest BCUT2D eigenvalue weighted by atomic mass is 32.2. The Morgan fingerprint density at radius 2 is 1.50 bits per heavy atom. The normalized spacial score (nSPS) is 12.8. The molecule has 0 spiro atoms. The fourth-order valence-electron chi connectivity index (χ4n) is 3.11. The second-order valence-corrected chi connectivity index (χ2v) is 8.90. The highest BCUT2D eigenvalue weighted by Gasteiger charge is 2.29. The average Bonchev–Trinajstić information content (AvgIpc) is 2.74. The minimum atomic E-state index is -0.480. The van der Waals surface area contributed by atoms with Crippen molar-refractivity contribution in [3.8, 4) is 0 Å². The van der Waals surface area contributed by atoms with Crippen LogP contribution >= 0.6 is 11.8 Å². The third kappa shape index (κ3) is 7.21. The molecule has 4 nitrogen and oxygen atoms in total. The molecule has 0 aromatic heterocycles.